The standard InChI is InChI=1S/C42H54O6/c1-37(2)13-9-15-39(5)27(37)11-17-41(7)29(39)19-22-25(47-41)21-24(44)34-30(22)32-31-26(20-23(43)33(32)45)48-42(8)18-12-28-38(3,4)14-10-16-40(28,6)36(42)35(31)46-34/h19-21,27-28,35-36,43-45H,9-18H2,1-8H3/t27-,28-,35+,36+,39-,40-,41-,42-/m1/s1. The molecule has 0 spiro atoms. The lowest BCUT2D eigenvalue weighted by atomic mass is 9.44. The lowest BCUT2D eigenvalue weighted by Crippen LogP contribution is -2.63. The Balaban J connectivity index is 1.28. The third-order valence-corrected chi connectivity index (χ3v) is 15.5. The van der Waals surface area contributed by atoms with E-state index in [2.05, 4.69) is 61.5 Å². The minimum absolute atomic E-state index is 0.00696. The van der Waals surface area contributed by atoms with Gasteiger partial charge in [-0.25, -0.2) is 0 Å². The molecule has 4 aliphatic carbocycles. The number of hydrogen-bond donors (Lipinski definition) is 3. The van der Waals surface area contributed by atoms with E-state index in [1.54, 1.807) is 12.1 Å². The molecule has 4 fully saturated rings. The molecule has 2 aromatic rings. The lowest BCUT2D eigenvalue weighted by Gasteiger charge is -2.65. The number of phenols is 3. The molecule has 258 valence electrons. The Hall–Kier alpha value is -3.02. The first-order chi connectivity index (χ1) is 22.4. The maximum atomic E-state index is 11.9. The molecule has 7 aliphatic rings. The summed E-state index contributed by atoms with van der Waals surface area (Å²) in [5.41, 5.74) is 3.29. The van der Waals surface area contributed by atoms with Crippen LogP contribution in [0.3, 0.4) is 0 Å². The van der Waals surface area contributed by atoms with E-state index < -0.39 is 17.3 Å². The van der Waals surface area contributed by atoms with E-state index in [1.807, 2.05) is 0 Å². The van der Waals surface area contributed by atoms with Gasteiger partial charge in [-0.05, 0) is 110 Å². The molecular weight excluding hydrogens is 600 g/mol. The second-order valence-electron chi connectivity index (χ2n) is 19.2. The van der Waals surface area contributed by atoms with Crippen molar-refractivity contribution in [1.82, 2.24) is 0 Å². The van der Waals surface area contributed by atoms with Crippen molar-refractivity contribution in [3.05, 3.63) is 28.8 Å². The molecule has 0 saturated heterocycles. The molecule has 48 heavy (non-hydrogen) atoms. The molecule has 2 aromatic carbocycles. The largest absolute Gasteiger partial charge is 0.504 e. The van der Waals surface area contributed by atoms with Gasteiger partial charge < -0.3 is 29.5 Å². The highest BCUT2D eigenvalue weighted by atomic mass is 16.5. The van der Waals surface area contributed by atoms with Crippen LogP contribution in [0, 0.1) is 39.4 Å². The first-order valence-corrected chi connectivity index (χ1v) is 18.7. The predicted octanol–water partition coefficient (Wildman–Crippen LogP) is 10.5. The van der Waals surface area contributed by atoms with E-state index >= 15 is 0 Å². The van der Waals surface area contributed by atoms with Crippen molar-refractivity contribution >= 4 is 6.08 Å². The number of hydrogen-bond acceptors (Lipinski definition) is 6. The summed E-state index contributed by atoms with van der Waals surface area (Å²) < 4.78 is 21.2. The Morgan fingerprint density at radius 3 is 2.10 bits per heavy atom. The summed E-state index contributed by atoms with van der Waals surface area (Å²) in [5.74, 6) is 2.14. The van der Waals surface area contributed by atoms with Crippen molar-refractivity contribution in [1.29, 1.82) is 0 Å². The summed E-state index contributed by atoms with van der Waals surface area (Å²) in [6.07, 6.45) is 12.8. The summed E-state index contributed by atoms with van der Waals surface area (Å²) in [6.45, 7) is 19.0. The Morgan fingerprint density at radius 1 is 0.688 bits per heavy atom. The second kappa shape index (κ2) is 9.20. The topological polar surface area (TPSA) is 88.4 Å². The van der Waals surface area contributed by atoms with Gasteiger partial charge in [0.1, 0.15) is 28.8 Å². The van der Waals surface area contributed by atoms with Crippen LogP contribution in [0.15, 0.2) is 17.7 Å². The molecule has 3 aliphatic heterocycles. The highest BCUT2D eigenvalue weighted by molar-refractivity contribution is 5.95. The summed E-state index contributed by atoms with van der Waals surface area (Å²) in [4.78, 5) is 0. The van der Waals surface area contributed by atoms with E-state index in [-0.39, 0.29) is 44.8 Å². The van der Waals surface area contributed by atoms with Crippen molar-refractivity contribution in [2.45, 2.75) is 137 Å². The van der Waals surface area contributed by atoms with Crippen LogP contribution in [-0.4, -0.2) is 26.5 Å². The molecule has 0 aromatic heterocycles. The fraction of sp³-hybridized carbons (Fsp3) is 0.667. The molecule has 0 unspecified atom stereocenters. The molecule has 9 rings (SSSR count). The Kier molecular flexibility index (Phi) is 5.94. The monoisotopic (exact) mass is 654 g/mol. The summed E-state index contributed by atoms with van der Waals surface area (Å²) in [7, 11) is 0. The maximum Gasteiger partial charge on any atom is 0.170 e. The molecule has 0 radical (unpaired) electrons. The van der Waals surface area contributed by atoms with Gasteiger partial charge in [0, 0.05) is 40.3 Å². The molecule has 4 saturated carbocycles. The number of phenolic OH excluding ortho intramolecular Hbond substituents is 3. The smallest absolute Gasteiger partial charge is 0.170 e. The van der Waals surface area contributed by atoms with Crippen molar-refractivity contribution in [3.63, 3.8) is 0 Å². The van der Waals surface area contributed by atoms with Gasteiger partial charge in [-0.3, -0.25) is 0 Å². The zero-order chi connectivity index (χ0) is 34.0. The normalized spacial score (nSPS) is 40.8. The third-order valence-electron chi connectivity index (χ3n) is 15.5. The van der Waals surface area contributed by atoms with Crippen LogP contribution in [0.4, 0.5) is 0 Å². The number of benzene rings is 2. The summed E-state index contributed by atoms with van der Waals surface area (Å²) in [6, 6.07) is 3.31. The number of ether oxygens (including phenoxy) is 3. The average Bonchev–Trinajstić information content (AvgIpc) is 2.97. The first kappa shape index (κ1) is 31.0. The fourth-order valence-electron chi connectivity index (χ4n) is 13.6. The van der Waals surface area contributed by atoms with Crippen molar-refractivity contribution < 1.29 is 29.5 Å². The predicted molar refractivity (Wildman–Crippen MR) is 187 cm³/mol. The van der Waals surface area contributed by atoms with Gasteiger partial charge in [0.15, 0.2) is 23.0 Å². The molecule has 0 bridgehead atoms. The Bertz CT molecular complexity index is 1800. The molecule has 3 heterocycles. The minimum atomic E-state index is -0.523. The van der Waals surface area contributed by atoms with Crippen LogP contribution in [0.5, 0.6) is 34.5 Å². The molecular formula is C42H54O6. The van der Waals surface area contributed by atoms with Crippen LogP contribution in [-0.2, 0) is 0 Å². The fourth-order valence-corrected chi connectivity index (χ4v) is 13.6. The van der Waals surface area contributed by atoms with E-state index in [1.165, 1.54) is 24.8 Å². The zero-order valence-corrected chi connectivity index (χ0v) is 30.2. The number of fused-ring (bicyclic) bond motifs is 11. The second-order valence-corrected chi connectivity index (χ2v) is 19.2. The molecule has 3 N–H and O–H groups in total. The Labute approximate surface area is 285 Å². The van der Waals surface area contributed by atoms with Gasteiger partial charge in [0.2, 0.25) is 0 Å². The van der Waals surface area contributed by atoms with Gasteiger partial charge >= 0.3 is 0 Å². The summed E-state index contributed by atoms with van der Waals surface area (Å²) in [5, 5.41) is 35.0. The highest BCUT2D eigenvalue weighted by Gasteiger charge is 2.66. The minimum Gasteiger partial charge on any atom is -0.504 e. The van der Waals surface area contributed by atoms with Crippen LogP contribution in [0.1, 0.15) is 137 Å². The van der Waals surface area contributed by atoms with Gasteiger partial charge in [-0.15, -0.1) is 0 Å². The van der Waals surface area contributed by atoms with Crippen LogP contribution >= 0.6 is 0 Å². The van der Waals surface area contributed by atoms with E-state index in [0.717, 1.165) is 56.1 Å². The summed E-state index contributed by atoms with van der Waals surface area (Å²) >= 11 is 0. The highest BCUT2D eigenvalue weighted by Crippen LogP contribution is 2.72. The van der Waals surface area contributed by atoms with Crippen LogP contribution in [0.2, 0.25) is 0 Å². The first-order valence-electron chi connectivity index (χ1n) is 18.7. The van der Waals surface area contributed by atoms with Crippen LogP contribution in [0.25, 0.3) is 17.2 Å². The van der Waals surface area contributed by atoms with Gasteiger partial charge in [0.05, 0.1) is 0 Å². The third kappa shape index (κ3) is 3.71. The van der Waals surface area contributed by atoms with Gasteiger partial charge in [0.25, 0.3) is 0 Å². The zero-order valence-electron chi connectivity index (χ0n) is 30.2. The number of rotatable bonds is 0. The van der Waals surface area contributed by atoms with E-state index in [9.17, 15) is 15.3 Å². The van der Waals surface area contributed by atoms with E-state index in [4.69, 9.17) is 14.2 Å². The SMILES string of the molecule is CC1(C)CCC[C@]2(C)[C@@H]1CC[C@@]1(C)Oc3cc(O)c(O)c4c3[C@H](Oc3c(O)cc5c(c3-4)C=C3[C@@](C)(CC[C@@H]4C(C)(C)CCC[C@@]34C)O5)[C@@H]21. The van der Waals surface area contributed by atoms with Crippen molar-refractivity contribution in [2.75, 3.05) is 0 Å². The molecule has 6 nitrogen and oxygen atoms in total. The van der Waals surface area contributed by atoms with E-state index in [0.29, 0.717) is 40.2 Å². The molecule has 6 heteroatoms. The van der Waals surface area contributed by atoms with Crippen molar-refractivity contribution in [2.24, 2.45) is 39.4 Å². The van der Waals surface area contributed by atoms with Crippen LogP contribution < -0.4 is 14.2 Å². The Morgan fingerprint density at radius 2 is 1.35 bits per heavy atom. The lowest BCUT2D eigenvalue weighted by molar-refractivity contribution is -0.197. The molecule has 8 atom stereocenters. The maximum absolute atomic E-state index is 11.9. The van der Waals surface area contributed by atoms with Gasteiger partial charge in [-0.2, -0.15) is 0 Å². The van der Waals surface area contributed by atoms with Gasteiger partial charge in [-0.1, -0.05) is 54.4 Å². The molecule has 0 amide bonds. The quantitative estimate of drug-likeness (QED) is 0.245. The van der Waals surface area contributed by atoms with Crippen molar-refractivity contribution in [3.8, 4) is 45.6 Å². The average molecular weight is 655 g/mol. The number of aromatic hydroxyl groups is 3.